The first-order valence-corrected chi connectivity index (χ1v) is 7.92. The van der Waals surface area contributed by atoms with Crippen LogP contribution in [0, 0.1) is 0 Å². The lowest BCUT2D eigenvalue weighted by atomic mass is 10.3. The summed E-state index contributed by atoms with van der Waals surface area (Å²) < 4.78 is 36.6. The van der Waals surface area contributed by atoms with Crippen molar-refractivity contribution < 1.29 is 17.9 Å². The largest absolute Gasteiger partial charge is 0.383 e. The van der Waals surface area contributed by atoms with Gasteiger partial charge in [0.05, 0.1) is 18.5 Å². The topological polar surface area (TPSA) is 64.6 Å². The van der Waals surface area contributed by atoms with Gasteiger partial charge in [0.1, 0.15) is 0 Å². The first-order valence-electron chi connectivity index (χ1n) is 5.74. The van der Waals surface area contributed by atoms with Crippen LogP contribution in [0.15, 0.2) is 0 Å². The van der Waals surface area contributed by atoms with Crippen molar-refractivity contribution in [1.82, 2.24) is 4.72 Å². The fraction of sp³-hybridized carbons (Fsp3) is 1.00. The summed E-state index contributed by atoms with van der Waals surface area (Å²) in [6.07, 6.45) is 2.13. The van der Waals surface area contributed by atoms with Crippen molar-refractivity contribution in [1.29, 1.82) is 0 Å². The lowest BCUT2D eigenvalue weighted by molar-refractivity contribution is 0.127. The molecule has 1 aliphatic heterocycles. The highest BCUT2D eigenvalue weighted by atomic mass is 35.5. The maximum absolute atomic E-state index is 11.9. The van der Waals surface area contributed by atoms with Crippen LogP contribution in [0.2, 0.25) is 0 Å². The van der Waals surface area contributed by atoms with Gasteiger partial charge in [0.25, 0.3) is 0 Å². The average Bonchev–Trinajstić information content (AvgIpc) is 2.69. The van der Waals surface area contributed by atoms with Gasteiger partial charge in [-0.25, -0.2) is 13.1 Å². The number of sulfonamides is 1. The van der Waals surface area contributed by atoms with Gasteiger partial charge in [-0.2, -0.15) is 0 Å². The van der Waals surface area contributed by atoms with Crippen molar-refractivity contribution in [3.05, 3.63) is 0 Å². The van der Waals surface area contributed by atoms with E-state index in [0.29, 0.717) is 25.5 Å². The van der Waals surface area contributed by atoms with Crippen LogP contribution >= 0.6 is 11.6 Å². The highest BCUT2D eigenvalue weighted by Crippen LogP contribution is 2.13. The van der Waals surface area contributed by atoms with E-state index in [1.54, 1.807) is 0 Å². The second-order valence-corrected chi connectivity index (χ2v) is 6.34. The van der Waals surface area contributed by atoms with Crippen molar-refractivity contribution in [3.63, 3.8) is 0 Å². The highest BCUT2D eigenvalue weighted by Gasteiger charge is 2.25. The van der Waals surface area contributed by atoms with E-state index in [1.165, 1.54) is 7.11 Å². The molecular weight excluding hydrogens is 266 g/mol. The summed E-state index contributed by atoms with van der Waals surface area (Å²) in [4.78, 5) is 0. The van der Waals surface area contributed by atoms with E-state index in [4.69, 9.17) is 21.1 Å². The Morgan fingerprint density at radius 1 is 1.59 bits per heavy atom. The minimum absolute atomic E-state index is 0.0233. The number of halogens is 1. The second kappa shape index (κ2) is 7.53. The van der Waals surface area contributed by atoms with Crippen LogP contribution in [0.4, 0.5) is 0 Å². The molecule has 0 radical (unpaired) electrons. The number of hydrogen-bond donors (Lipinski definition) is 1. The van der Waals surface area contributed by atoms with Gasteiger partial charge >= 0.3 is 0 Å². The standard InChI is InChI=1S/C10H20ClNO4S/c1-15-7-9(4-5-11)12-17(13,14)8-10-3-2-6-16-10/h9-10,12H,2-8H2,1H3. The van der Waals surface area contributed by atoms with Crippen LogP contribution in [0.1, 0.15) is 19.3 Å². The van der Waals surface area contributed by atoms with E-state index in [9.17, 15) is 8.42 Å². The van der Waals surface area contributed by atoms with Crippen molar-refractivity contribution in [3.8, 4) is 0 Å². The van der Waals surface area contributed by atoms with Crippen LogP contribution in [-0.2, 0) is 19.5 Å². The summed E-state index contributed by atoms with van der Waals surface area (Å²) in [5, 5.41) is 0. The number of nitrogens with one attached hydrogen (secondary N) is 1. The molecule has 102 valence electrons. The summed E-state index contributed by atoms with van der Waals surface area (Å²) in [5.41, 5.74) is 0. The Balaban J connectivity index is 2.44. The molecule has 1 heterocycles. The van der Waals surface area contributed by atoms with Gasteiger partial charge in [-0.1, -0.05) is 0 Å². The van der Waals surface area contributed by atoms with Gasteiger partial charge < -0.3 is 9.47 Å². The molecule has 0 aromatic rings. The van der Waals surface area contributed by atoms with Gasteiger partial charge in [-0.3, -0.25) is 0 Å². The zero-order chi connectivity index (χ0) is 12.7. The Bertz CT molecular complexity index is 297. The number of rotatable bonds is 8. The van der Waals surface area contributed by atoms with Crippen LogP contribution < -0.4 is 4.72 Å². The lowest BCUT2D eigenvalue weighted by Crippen LogP contribution is -2.41. The summed E-state index contributed by atoms with van der Waals surface area (Å²) in [6, 6.07) is -0.260. The molecule has 0 bridgehead atoms. The summed E-state index contributed by atoms with van der Waals surface area (Å²) in [5.74, 6) is 0.423. The van der Waals surface area contributed by atoms with E-state index in [1.807, 2.05) is 0 Å². The zero-order valence-electron chi connectivity index (χ0n) is 10.0. The van der Waals surface area contributed by atoms with E-state index < -0.39 is 10.0 Å². The normalized spacial score (nSPS) is 22.8. The summed E-state index contributed by atoms with van der Waals surface area (Å²) in [7, 11) is -1.78. The molecule has 0 aromatic heterocycles. The molecule has 2 atom stereocenters. The maximum Gasteiger partial charge on any atom is 0.214 e. The minimum atomic E-state index is -3.32. The van der Waals surface area contributed by atoms with Crippen LogP contribution in [0.25, 0.3) is 0 Å². The molecule has 2 unspecified atom stereocenters. The summed E-state index contributed by atoms with van der Waals surface area (Å²) >= 11 is 5.62. The number of methoxy groups -OCH3 is 1. The molecule has 1 N–H and O–H groups in total. The van der Waals surface area contributed by atoms with Gasteiger partial charge in [0.15, 0.2) is 0 Å². The van der Waals surface area contributed by atoms with E-state index in [0.717, 1.165) is 12.8 Å². The van der Waals surface area contributed by atoms with Crippen molar-refractivity contribution in [2.24, 2.45) is 0 Å². The van der Waals surface area contributed by atoms with Crippen molar-refractivity contribution in [2.45, 2.75) is 31.4 Å². The molecule has 1 aliphatic rings. The smallest absolute Gasteiger partial charge is 0.214 e. The zero-order valence-corrected chi connectivity index (χ0v) is 11.6. The van der Waals surface area contributed by atoms with Crippen molar-refractivity contribution >= 4 is 21.6 Å². The number of hydrogen-bond acceptors (Lipinski definition) is 4. The predicted molar refractivity (Wildman–Crippen MR) is 66.9 cm³/mol. The van der Waals surface area contributed by atoms with Gasteiger partial charge in [-0.15, -0.1) is 11.6 Å². The monoisotopic (exact) mass is 285 g/mol. The molecule has 0 spiro atoms. The number of ether oxygens (including phenoxy) is 2. The van der Waals surface area contributed by atoms with Crippen LogP contribution in [-0.4, -0.2) is 52.5 Å². The molecule has 17 heavy (non-hydrogen) atoms. The van der Waals surface area contributed by atoms with E-state index >= 15 is 0 Å². The molecule has 1 fully saturated rings. The summed E-state index contributed by atoms with van der Waals surface area (Å²) in [6.45, 7) is 0.987. The Hall–Kier alpha value is 0.120. The van der Waals surface area contributed by atoms with Crippen molar-refractivity contribution in [2.75, 3.05) is 32.0 Å². The molecule has 1 rings (SSSR count). The Labute approximate surface area is 108 Å². The van der Waals surface area contributed by atoms with E-state index in [-0.39, 0.29) is 17.9 Å². The van der Waals surface area contributed by atoms with Gasteiger partial charge in [0, 0.05) is 25.6 Å². The fourth-order valence-electron chi connectivity index (χ4n) is 1.83. The fourth-order valence-corrected chi connectivity index (χ4v) is 3.64. The van der Waals surface area contributed by atoms with E-state index in [2.05, 4.69) is 4.72 Å². The first kappa shape index (κ1) is 15.2. The quantitative estimate of drug-likeness (QED) is 0.668. The molecule has 7 heteroatoms. The number of alkyl halides is 1. The predicted octanol–water partition coefficient (Wildman–Crippen LogP) is 0.729. The third kappa shape index (κ3) is 6.01. The third-order valence-corrected chi connectivity index (χ3v) is 4.32. The molecule has 1 saturated heterocycles. The highest BCUT2D eigenvalue weighted by molar-refractivity contribution is 7.89. The Kier molecular flexibility index (Phi) is 6.72. The minimum Gasteiger partial charge on any atom is -0.383 e. The SMILES string of the molecule is COCC(CCCl)NS(=O)(=O)CC1CCCO1. The van der Waals surface area contributed by atoms with Gasteiger partial charge in [-0.05, 0) is 19.3 Å². The maximum atomic E-state index is 11.9. The second-order valence-electron chi connectivity index (χ2n) is 4.16. The Morgan fingerprint density at radius 3 is 2.88 bits per heavy atom. The average molecular weight is 286 g/mol. The lowest BCUT2D eigenvalue weighted by Gasteiger charge is -2.18. The third-order valence-electron chi connectivity index (χ3n) is 2.60. The van der Waals surface area contributed by atoms with Crippen LogP contribution in [0.3, 0.4) is 0 Å². The molecule has 0 aromatic carbocycles. The van der Waals surface area contributed by atoms with Gasteiger partial charge in [0.2, 0.25) is 10.0 Å². The molecule has 0 amide bonds. The first-order chi connectivity index (χ1) is 8.07. The Morgan fingerprint density at radius 2 is 2.35 bits per heavy atom. The molecule has 5 nitrogen and oxygen atoms in total. The van der Waals surface area contributed by atoms with Crippen LogP contribution in [0.5, 0.6) is 0 Å². The molecule has 0 aliphatic carbocycles. The molecular formula is C10H20ClNO4S. The molecule has 0 saturated carbocycles.